The van der Waals surface area contributed by atoms with E-state index in [1.165, 1.54) is 18.4 Å². The number of benzene rings is 1. The molecule has 0 saturated heterocycles. The second-order valence-corrected chi connectivity index (χ2v) is 4.84. The average molecular weight is 216 g/mol. The van der Waals surface area contributed by atoms with Crippen LogP contribution in [0.15, 0.2) is 18.2 Å². The van der Waals surface area contributed by atoms with E-state index in [-0.39, 0.29) is 0 Å². The molecule has 0 N–H and O–H groups in total. The zero-order chi connectivity index (χ0) is 11.2. The van der Waals surface area contributed by atoms with Gasteiger partial charge in [-0.3, -0.25) is 4.79 Å². The van der Waals surface area contributed by atoms with Crippen LogP contribution in [-0.4, -0.2) is 12.4 Å². The Balaban J connectivity index is 2.07. The number of ketones is 1. The van der Waals surface area contributed by atoms with E-state index in [1.807, 2.05) is 19.1 Å². The zero-order valence-corrected chi connectivity index (χ0v) is 9.58. The quantitative estimate of drug-likeness (QED) is 0.759. The lowest BCUT2D eigenvalue weighted by Crippen LogP contribution is -2.20. The fraction of sp³-hybridized carbons (Fsp3) is 0.500. The molecule has 2 aliphatic rings. The molecule has 1 aromatic carbocycles. The van der Waals surface area contributed by atoms with Gasteiger partial charge in [-0.2, -0.15) is 0 Å². The molecule has 0 aromatic heterocycles. The van der Waals surface area contributed by atoms with Gasteiger partial charge in [0, 0.05) is 12.0 Å². The first kappa shape index (κ1) is 9.88. The van der Waals surface area contributed by atoms with E-state index in [2.05, 4.69) is 6.07 Å². The molecule has 0 radical (unpaired) electrons. The highest BCUT2D eigenvalue weighted by molar-refractivity contribution is 5.99. The highest BCUT2D eigenvalue weighted by Crippen LogP contribution is 2.55. The summed E-state index contributed by atoms with van der Waals surface area (Å²) in [5, 5.41) is 0. The third kappa shape index (κ3) is 1.36. The Bertz CT molecular complexity index is 444. The molecule has 1 saturated carbocycles. The second kappa shape index (κ2) is 3.34. The van der Waals surface area contributed by atoms with Crippen LogP contribution >= 0.6 is 0 Å². The maximum atomic E-state index is 11.8. The number of carbonyl (C=O) groups is 1. The molecule has 2 aliphatic carbocycles. The van der Waals surface area contributed by atoms with E-state index in [1.54, 1.807) is 0 Å². The van der Waals surface area contributed by atoms with Crippen LogP contribution < -0.4 is 4.74 Å². The fourth-order valence-corrected chi connectivity index (χ4v) is 2.75. The van der Waals surface area contributed by atoms with Gasteiger partial charge in [0.05, 0.1) is 6.61 Å². The lowest BCUT2D eigenvalue weighted by Gasteiger charge is -2.24. The first-order chi connectivity index (χ1) is 7.75. The summed E-state index contributed by atoms with van der Waals surface area (Å²) in [6.45, 7) is 2.66. The van der Waals surface area contributed by atoms with Crippen molar-refractivity contribution in [2.45, 2.75) is 38.0 Å². The highest BCUT2D eigenvalue weighted by Gasteiger charge is 2.48. The largest absolute Gasteiger partial charge is 0.494 e. The van der Waals surface area contributed by atoms with E-state index >= 15 is 0 Å². The maximum Gasteiger partial charge on any atom is 0.163 e. The Morgan fingerprint density at radius 3 is 2.81 bits per heavy atom. The van der Waals surface area contributed by atoms with Crippen LogP contribution in [0.25, 0.3) is 0 Å². The molecule has 1 aromatic rings. The van der Waals surface area contributed by atoms with Gasteiger partial charge in [-0.1, -0.05) is 0 Å². The first-order valence-electron chi connectivity index (χ1n) is 6.06. The van der Waals surface area contributed by atoms with Crippen LogP contribution in [0.1, 0.15) is 48.5 Å². The molecule has 0 atom stereocenters. The van der Waals surface area contributed by atoms with E-state index in [9.17, 15) is 4.79 Å². The third-order valence-electron chi connectivity index (χ3n) is 3.86. The number of carbonyl (C=O) groups excluding carboxylic acids is 1. The number of rotatable bonds is 2. The minimum Gasteiger partial charge on any atom is -0.494 e. The molecule has 0 heterocycles. The molecule has 16 heavy (non-hydrogen) atoms. The van der Waals surface area contributed by atoms with Crippen molar-refractivity contribution in [3.8, 4) is 5.75 Å². The molecule has 0 aliphatic heterocycles. The molecular formula is C14H16O2. The van der Waals surface area contributed by atoms with Crippen LogP contribution in [0, 0.1) is 0 Å². The number of hydrogen-bond acceptors (Lipinski definition) is 2. The summed E-state index contributed by atoms with van der Waals surface area (Å²) in [7, 11) is 0. The molecule has 3 rings (SSSR count). The Hall–Kier alpha value is -1.31. The third-order valence-corrected chi connectivity index (χ3v) is 3.86. The summed E-state index contributed by atoms with van der Waals surface area (Å²) in [5.41, 5.74) is 2.51. The van der Waals surface area contributed by atoms with Crippen molar-refractivity contribution in [2.75, 3.05) is 6.61 Å². The van der Waals surface area contributed by atoms with Gasteiger partial charge in [-0.15, -0.1) is 0 Å². The van der Waals surface area contributed by atoms with E-state index in [4.69, 9.17) is 4.74 Å². The predicted octanol–water partition coefficient (Wildman–Crippen LogP) is 3.09. The summed E-state index contributed by atoms with van der Waals surface area (Å²) >= 11 is 0. The van der Waals surface area contributed by atoms with E-state index < -0.39 is 0 Å². The van der Waals surface area contributed by atoms with Crippen molar-refractivity contribution < 1.29 is 9.53 Å². The SMILES string of the molecule is CCOc1ccc2c(c1)C1(CCC2=O)CC1. The predicted molar refractivity (Wildman–Crippen MR) is 62.1 cm³/mol. The summed E-state index contributed by atoms with van der Waals surface area (Å²) in [6.07, 6.45) is 4.24. The Kier molecular flexibility index (Phi) is 2.06. The zero-order valence-electron chi connectivity index (χ0n) is 9.58. The first-order valence-corrected chi connectivity index (χ1v) is 6.06. The van der Waals surface area contributed by atoms with Crippen LogP contribution in [0.2, 0.25) is 0 Å². The van der Waals surface area contributed by atoms with Gasteiger partial charge in [0.1, 0.15) is 5.75 Å². The monoisotopic (exact) mass is 216 g/mol. The highest BCUT2D eigenvalue weighted by atomic mass is 16.5. The van der Waals surface area contributed by atoms with Crippen LogP contribution in [0.5, 0.6) is 5.75 Å². The minimum absolute atomic E-state index is 0.301. The van der Waals surface area contributed by atoms with Gasteiger partial charge in [-0.05, 0) is 55.4 Å². The van der Waals surface area contributed by atoms with Crippen LogP contribution in [0.4, 0.5) is 0 Å². The smallest absolute Gasteiger partial charge is 0.163 e. The molecule has 2 nitrogen and oxygen atoms in total. The Morgan fingerprint density at radius 1 is 1.31 bits per heavy atom. The fourth-order valence-electron chi connectivity index (χ4n) is 2.75. The van der Waals surface area contributed by atoms with E-state index in [0.29, 0.717) is 17.8 Å². The molecule has 84 valence electrons. The number of ether oxygens (including phenoxy) is 1. The van der Waals surface area contributed by atoms with Gasteiger partial charge >= 0.3 is 0 Å². The second-order valence-electron chi connectivity index (χ2n) is 4.84. The van der Waals surface area contributed by atoms with Crippen molar-refractivity contribution in [1.29, 1.82) is 0 Å². The topological polar surface area (TPSA) is 26.3 Å². The number of fused-ring (bicyclic) bond motifs is 2. The summed E-state index contributed by atoms with van der Waals surface area (Å²) in [5.74, 6) is 1.21. The standard InChI is InChI=1S/C14H16O2/c1-2-16-10-3-4-11-12(9-10)14(7-8-14)6-5-13(11)15/h3-4,9H,2,5-8H2,1H3. The van der Waals surface area contributed by atoms with Gasteiger partial charge < -0.3 is 4.74 Å². The van der Waals surface area contributed by atoms with Gasteiger partial charge in [0.15, 0.2) is 5.78 Å². The number of hydrogen-bond donors (Lipinski definition) is 0. The molecular weight excluding hydrogens is 200 g/mol. The Morgan fingerprint density at radius 2 is 2.12 bits per heavy atom. The lowest BCUT2D eigenvalue weighted by molar-refractivity contribution is 0.0964. The summed E-state index contributed by atoms with van der Waals surface area (Å²) in [6, 6.07) is 5.95. The minimum atomic E-state index is 0.301. The Labute approximate surface area is 95.6 Å². The van der Waals surface area contributed by atoms with Gasteiger partial charge in [-0.25, -0.2) is 0 Å². The summed E-state index contributed by atoms with van der Waals surface area (Å²) in [4.78, 5) is 11.8. The lowest BCUT2D eigenvalue weighted by atomic mass is 9.79. The van der Waals surface area contributed by atoms with Crippen molar-refractivity contribution in [3.63, 3.8) is 0 Å². The maximum absolute atomic E-state index is 11.8. The molecule has 1 spiro atoms. The molecule has 0 bridgehead atoms. The summed E-state index contributed by atoms with van der Waals surface area (Å²) < 4.78 is 5.52. The molecule has 0 unspecified atom stereocenters. The van der Waals surface area contributed by atoms with Crippen molar-refractivity contribution in [2.24, 2.45) is 0 Å². The van der Waals surface area contributed by atoms with Gasteiger partial charge in [0.2, 0.25) is 0 Å². The molecule has 1 fully saturated rings. The average Bonchev–Trinajstić information content (AvgIpc) is 3.06. The van der Waals surface area contributed by atoms with Crippen molar-refractivity contribution in [1.82, 2.24) is 0 Å². The van der Waals surface area contributed by atoms with Crippen molar-refractivity contribution >= 4 is 5.78 Å². The molecule has 2 heteroatoms. The van der Waals surface area contributed by atoms with E-state index in [0.717, 1.165) is 24.2 Å². The van der Waals surface area contributed by atoms with Gasteiger partial charge in [0.25, 0.3) is 0 Å². The van der Waals surface area contributed by atoms with Crippen LogP contribution in [-0.2, 0) is 5.41 Å². The molecule has 0 amide bonds. The van der Waals surface area contributed by atoms with Crippen molar-refractivity contribution in [3.05, 3.63) is 29.3 Å². The number of Topliss-reactive ketones (excluding diaryl/α,β-unsaturated/α-hetero) is 1. The van der Waals surface area contributed by atoms with Crippen LogP contribution in [0.3, 0.4) is 0 Å². The normalized spacial score (nSPS) is 20.7.